The second-order valence-corrected chi connectivity index (χ2v) is 2.66. The zero-order valence-electron chi connectivity index (χ0n) is 4.83. The van der Waals surface area contributed by atoms with E-state index in [-0.39, 0.29) is 0 Å². The summed E-state index contributed by atoms with van der Waals surface area (Å²) in [4.78, 5) is 0. The van der Waals surface area contributed by atoms with Crippen LogP contribution < -0.4 is 5.32 Å². The lowest BCUT2D eigenvalue weighted by Crippen LogP contribution is -2.33. The molecule has 1 aliphatic heterocycles. The summed E-state index contributed by atoms with van der Waals surface area (Å²) in [6.07, 6.45) is 3.79. The summed E-state index contributed by atoms with van der Waals surface area (Å²) in [5.41, 5.74) is 0.505. The van der Waals surface area contributed by atoms with E-state index in [1.807, 2.05) is 0 Å². The van der Waals surface area contributed by atoms with Crippen molar-refractivity contribution in [2.45, 2.75) is 24.8 Å². The first-order valence-corrected chi connectivity index (χ1v) is 3.12. The van der Waals surface area contributed by atoms with Gasteiger partial charge in [0.15, 0.2) is 0 Å². The molecule has 0 aromatic rings. The maximum absolute atomic E-state index is 3.40. The Kier molecular flexibility index (Phi) is 0.698. The van der Waals surface area contributed by atoms with E-state index in [0.717, 1.165) is 13.0 Å². The maximum Gasteiger partial charge on any atom is 0.0581 e. The number of hydrogen-bond acceptors (Lipinski definition) is 1. The van der Waals surface area contributed by atoms with Crippen LogP contribution in [0.15, 0.2) is 0 Å². The van der Waals surface area contributed by atoms with Crippen molar-refractivity contribution in [2.24, 2.45) is 0 Å². The van der Waals surface area contributed by atoms with Crippen molar-refractivity contribution in [3.05, 3.63) is 0 Å². The molecule has 1 saturated carbocycles. The standard InChI is InChI=1S/C7H9N/c1-2-6-8-7(3-1)4-5-7/h8H,3-6H2. The first-order valence-electron chi connectivity index (χ1n) is 3.12. The molecule has 8 heavy (non-hydrogen) atoms. The van der Waals surface area contributed by atoms with Gasteiger partial charge < -0.3 is 0 Å². The summed E-state index contributed by atoms with van der Waals surface area (Å²) < 4.78 is 0. The molecule has 0 radical (unpaired) electrons. The van der Waals surface area contributed by atoms with E-state index in [2.05, 4.69) is 17.2 Å². The molecule has 1 nitrogen and oxygen atoms in total. The lowest BCUT2D eigenvalue weighted by molar-refractivity contribution is 0.533. The largest absolute Gasteiger partial charge is 0.300 e. The highest BCUT2D eigenvalue weighted by molar-refractivity contribution is 5.18. The van der Waals surface area contributed by atoms with Crippen LogP contribution in [0.2, 0.25) is 0 Å². The fourth-order valence-electron chi connectivity index (χ4n) is 1.09. The van der Waals surface area contributed by atoms with Crippen molar-refractivity contribution in [3.8, 4) is 11.8 Å². The van der Waals surface area contributed by atoms with Crippen molar-refractivity contribution in [1.29, 1.82) is 0 Å². The van der Waals surface area contributed by atoms with Gasteiger partial charge in [-0.15, -0.1) is 5.92 Å². The molecular formula is C7H9N. The number of hydrogen-bond donors (Lipinski definition) is 1. The van der Waals surface area contributed by atoms with Gasteiger partial charge in [-0.3, -0.25) is 5.32 Å². The molecule has 0 aromatic heterocycles. The smallest absolute Gasteiger partial charge is 0.0581 e. The molecule has 0 amide bonds. The first-order chi connectivity index (χ1) is 3.91. The van der Waals surface area contributed by atoms with Gasteiger partial charge in [-0.25, -0.2) is 0 Å². The number of rotatable bonds is 0. The van der Waals surface area contributed by atoms with Crippen LogP contribution in [0.5, 0.6) is 0 Å². The topological polar surface area (TPSA) is 12.0 Å². The summed E-state index contributed by atoms with van der Waals surface area (Å²) in [7, 11) is 0. The van der Waals surface area contributed by atoms with Crippen LogP contribution in [0.1, 0.15) is 19.3 Å². The van der Waals surface area contributed by atoms with Crippen LogP contribution in [0.4, 0.5) is 0 Å². The van der Waals surface area contributed by atoms with Crippen molar-refractivity contribution in [2.75, 3.05) is 6.54 Å². The summed E-state index contributed by atoms with van der Waals surface area (Å²) in [6, 6.07) is 0. The van der Waals surface area contributed by atoms with Crippen molar-refractivity contribution in [1.82, 2.24) is 5.32 Å². The Morgan fingerprint density at radius 1 is 1.25 bits per heavy atom. The summed E-state index contributed by atoms with van der Waals surface area (Å²) >= 11 is 0. The van der Waals surface area contributed by atoms with E-state index in [4.69, 9.17) is 0 Å². The van der Waals surface area contributed by atoms with Crippen LogP contribution in [0.25, 0.3) is 0 Å². The van der Waals surface area contributed by atoms with Crippen molar-refractivity contribution < 1.29 is 0 Å². The molecule has 0 unspecified atom stereocenters. The fourth-order valence-corrected chi connectivity index (χ4v) is 1.09. The van der Waals surface area contributed by atoms with Gasteiger partial charge in [0, 0.05) is 12.0 Å². The minimum absolute atomic E-state index is 0.505. The van der Waals surface area contributed by atoms with Gasteiger partial charge >= 0.3 is 0 Å². The predicted molar refractivity (Wildman–Crippen MR) is 32.4 cm³/mol. The van der Waals surface area contributed by atoms with Crippen molar-refractivity contribution in [3.63, 3.8) is 0 Å². The second-order valence-electron chi connectivity index (χ2n) is 2.66. The molecule has 42 valence electrons. The monoisotopic (exact) mass is 107 g/mol. The van der Waals surface area contributed by atoms with Gasteiger partial charge in [-0.1, -0.05) is 5.92 Å². The van der Waals surface area contributed by atoms with Crippen LogP contribution in [0.3, 0.4) is 0 Å². The molecule has 1 N–H and O–H groups in total. The SMILES string of the molecule is C1#CCC2(CC2)NC1. The van der Waals surface area contributed by atoms with Gasteiger partial charge in [0.1, 0.15) is 0 Å². The summed E-state index contributed by atoms with van der Waals surface area (Å²) in [5.74, 6) is 6.14. The van der Waals surface area contributed by atoms with E-state index in [1.54, 1.807) is 0 Å². The van der Waals surface area contributed by atoms with Crippen molar-refractivity contribution >= 4 is 0 Å². The second kappa shape index (κ2) is 1.27. The van der Waals surface area contributed by atoms with Crippen LogP contribution >= 0.6 is 0 Å². The quantitative estimate of drug-likeness (QED) is 0.445. The van der Waals surface area contributed by atoms with Gasteiger partial charge in [0.25, 0.3) is 0 Å². The molecule has 2 aliphatic rings. The summed E-state index contributed by atoms with van der Waals surface area (Å²) in [5, 5.41) is 3.40. The Labute approximate surface area is 49.5 Å². The third kappa shape index (κ3) is 0.535. The van der Waals surface area contributed by atoms with E-state index >= 15 is 0 Å². The highest BCUT2D eigenvalue weighted by atomic mass is 15.0. The predicted octanol–water partition coefficient (Wildman–Crippen LogP) is 0.516. The van der Waals surface area contributed by atoms with Crippen LogP contribution in [-0.4, -0.2) is 12.1 Å². The number of nitrogens with one attached hydrogen (secondary N) is 1. The van der Waals surface area contributed by atoms with Gasteiger partial charge in [-0.2, -0.15) is 0 Å². The zero-order chi connectivity index (χ0) is 5.45. The average molecular weight is 107 g/mol. The Bertz CT molecular complexity index is 157. The molecule has 0 aromatic carbocycles. The average Bonchev–Trinajstić information content (AvgIpc) is 2.52. The molecule has 0 atom stereocenters. The third-order valence-corrected chi connectivity index (χ3v) is 1.96. The van der Waals surface area contributed by atoms with E-state index in [1.165, 1.54) is 12.8 Å². The van der Waals surface area contributed by atoms with E-state index in [0.29, 0.717) is 5.54 Å². The lowest BCUT2D eigenvalue weighted by atomic mass is 10.1. The highest BCUT2D eigenvalue weighted by Crippen LogP contribution is 2.38. The molecule has 1 fully saturated rings. The highest BCUT2D eigenvalue weighted by Gasteiger charge is 2.41. The fraction of sp³-hybridized carbons (Fsp3) is 0.714. The third-order valence-electron chi connectivity index (χ3n) is 1.96. The molecule has 1 heterocycles. The minimum atomic E-state index is 0.505. The van der Waals surface area contributed by atoms with Gasteiger partial charge in [0.05, 0.1) is 6.54 Å². The van der Waals surface area contributed by atoms with Crippen LogP contribution in [0, 0.1) is 11.8 Å². The Balaban J connectivity index is 2.13. The Morgan fingerprint density at radius 2 is 2.12 bits per heavy atom. The Hall–Kier alpha value is -0.480. The minimum Gasteiger partial charge on any atom is -0.300 e. The Morgan fingerprint density at radius 3 is 2.50 bits per heavy atom. The van der Waals surface area contributed by atoms with Gasteiger partial charge in [-0.05, 0) is 12.8 Å². The first kappa shape index (κ1) is 4.40. The van der Waals surface area contributed by atoms with E-state index < -0.39 is 0 Å². The molecule has 1 spiro atoms. The normalized spacial score (nSPS) is 29.0. The maximum atomic E-state index is 3.40. The van der Waals surface area contributed by atoms with Crippen LogP contribution in [-0.2, 0) is 0 Å². The summed E-state index contributed by atoms with van der Waals surface area (Å²) in [6.45, 7) is 0.917. The van der Waals surface area contributed by atoms with Gasteiger partial charge in [0.2, 0.25) is 0 Å². The molecule has 2 rings (SSSR count). The molecule has 1 heteroatoms. The zero-order valence-corrected chi connectivity index (χ0v) is 4.83. The molecule has 0 bridgehead atoms. The molecule has 0 saturated heterocycles. The molecule has 1 aliphatic carbocycles. The molecular weight excluding hydrogens is 98.1 g/mol. The lowest BCUT2D eigenvalue weighted by Gasteiger charge is -2.14. The van der Waals surface area contributed by atoms with E-state index in [9.17, 15) is 0 Å².